The first-order valence-corrected chi connectivity index (χ1v) is 14.6. The second-order valence-electron chi connectivity index (χ2n) is 9.89. The Balaban J connectivity index is 0.00000387. The van der Waals surface area contributed by atoms with E-state index >= 15 is 0 Å². The second kappa shape index (κ2) is 13.1. The summed E-state index contributed by atoms with van der Waals surface area (Å²) in [5.74, 6) is -0.296. The molecular formula is C30H31N3NaO6S+. The van der Waals surface area contributed by atoms with Crippen molar-refractivity contribution < 1.29 is 57.0 Å². The molecule has 0 aliphatic heterocycles. The van der Waals surface area contributed by atoms with Crippen molar-refractivity contribution in [1.29, 1.82) is 0 Å². The van der Waals surface area contributed by atoms with Crippen LogP contribution in [0.15, 0.2) is 77.8 Å². The first kappa shape index (κ1) is 30.6. The van der Waals surface area contributed by atoms with Crippen LogP contribution in [0.5, 0.6) is 5.75 Å². The van der Waals surface area contributed by atoms with Gasteiger partial charge in [0.1, 0.15) is 11.9 Å². The molecule has 3 aromatic carbocycles. The number of rotatable bonds is 8. The molecule has 0 bridgehead atoms. The molecule has 5 rings (SSSR count). The number of fused-ring (bicyclic) bond motifs is 1. The number of aromatic nitrogens is 1. The van der Waals surface area contributed by atoms with Crippen molar-refractivity contribution in [1.82, 2.24) is 9.29 Å². The van der Waals surface area contributed by atoms with Gasteiger partial charge in [0.05, 0.1) is 12.0 Å². The quantitative estimate of drug-likeness (QED) is 0.308. The zero-order valence-electron chi connectivity index (χ0n) is 23.3. The van der Waals surface area contributed by atoms with Crippen LogP contribution >= 0.6 is 0 Å². The van der Waals surface area contributed by atoms with Crippen molar-refractivity contribution in [3.05, 3.63) is 89.6 Å². The molecule has 1 aliphatic carbocycles. The molecule has 1 fully saturated rings. The number of hydrogen-bond acceptors (Lipinski definition) is 6. The summed E-state index contributed by atoms with van der Waals surface area (Å²) >= 11 is 0. The SMILES string of the molecule is COc1cc(C(=O)NS(=O)(=O)c2ccccc2)ccc1Cc1cn(C)c2ccc(NC(=O)OC3CCCC3)cc12.[Na+]. The van der Waals surface area contributed by atoms with E-state index in [2.05, 4.69) is 10.0 Å². The molecule has 0 saturated heterocycles. The Labute approximate surface area is 261 Å². The Morgan fingerprint density at radius 3 is 2.41 bits per heavy atom. The molecular weight excluding hydrogens is 553 g/mol. The van der Waals surface area contributed by atoms with E-state index in [0.717, 1.165) is 47.7 Å². The molecule has 1 aromatic heterocycles. The van der Waals surface area contributed by atoms with Crippen LogP contribution in [0.2, 0.25) is 0 Å². The van der Waals surface area contributed by atoms with E-state index < -0.39 is 22.0 Å². The average molecular weight is 585 g/mol. The summed E-state index contributed by atoms with van der Waals surface area (Å²) in [5, 5.41) is 3.80. The summed E-state index contributed by atoms with van der Waals surface area (Å²) in [5.41, 5.74) is 3.60. The van der Waals surface area contributed by atoms with Crippen LogP contribution in [0.4, 0.5) is 10.5 Å². The Kier molecular flexibility index (Phi) is 9.80. The Morgan fingerprint density at radius 2 is 1.71 bits per heavy atom. The van der Waals surface area contributed by atoms with Gasteiger partial charge in [-0.25, -0.2) is 17.9 Å². The van der Waals surface area contributed by atoms with E-state index in [4.69, 9.17) is 9.47 Å². The zero-order chi connectivity index (χ0) is 28.3. The van der Waals surface area contributed by atoms with Crippen LogP contribution in [0.25, 0.3) is 10.9 Å². The zero-order valence-corrected chi connectivity index (χ0v) is 26.2. The third kappa shape index (κ3) is 7.13. The number of nitrogens with zero attached hydrogens (tertiary/aromatic N) is 1. The van der Waals surface area contributed by atoms with Crippen LogP contribution in [-0.2, 0) is 28.2 Å². The Morgan fingerprint density at radius 1 is 0.976 bits per heavy atom. The molecule has 208 valence electrons. The molecule has 9 nitrogen and oxygen atoms in total. The number of hydrogen-bond donors (Lipinski definition) is 2. The molecule has 1 heterocycles. The Hall–Kier alpha value is -3.31. The van der Waals surface area contributed by atoms with Gasteiger partial charge in [-0.1, -0.05) is 24.3 Å². The van der Waals surface area contributed by atoms with Crippen LogP contribution in [0, 0.1) is 0 Å². The third-order valence-corrected chi connectivity index (χ3v) is 8.45. The predicted octanol–water partition coefficient (Wildman–Crippen LogP) is 2.39. The fraction of sp³-hybridized carbons (Fsp3) is 0.267. The minimum atomic E-state index is -4.01. The number of sulfonamides is 1. The van der Waals surface area contributed by atoms with Crippen molar-refractivity contribution >= 4 is 38.6 Å². The van der Waals surface area contributed by atoms with Gasteiger partial charge in [0, 0.05) is 41.8 Å². The third-order valence-electron chi connectivity index (χ3n) is 7.11. The summed E-state index contributed by atoms with van der Waals surface area (Å²) < 4.78 is 40.4. The van der Waals surface area contributed by atoms with Gasteiger partial charge in [-0.15, -0.1) is 0 Å². The minimum absolute atomic E-state index is 0. The van der Waals surface area contributed by atoms with E-state index in [0.29, 0.717) is 17.9 Å². The average Bonchev–Trinajstić information content (AvgIpc) is 3.56. The maximum absolute atomic E-state index is 12.8. The van der Waals surface area contributed by atoms with E-state index in [1.54, 1.807) is 30.3 Å². The van der Waals surface area contributed by atoms with Gasteiger partial charge in [-0.05, 0) is 79.3 Å². The number of carbonyl (C=O) groups excluding carboxylic acids is 2. The first-order chi connectivity index (χ1) is 19.2. The second-order valence-corrected chi connectivity index (χ2v) is 11.6. The van der Waals surface area contributed by atoms with Crippen molar-refractivity contribution in [2.24, 2.45) is 7.05 Å². The molecule has 1 aliphatic rings. The normalized spacial score (nSPS) is 13.4. The van der Waals surface area contributed by atoms with Gasteiger partial charge in [-0.3, -0.25) is 10.1 Å². The molecule has 0 unspecified atom stereocenters. The summed E-state index contributed by atoms with van der Waals surface area (Å²) in [6, 6.07) is 18.3. The van der Waals surface area contributed by atoms with Crippen LogP contribution in [0.3, 0.4) is 0 Å². The molecule has 2 N–H and O–H groups in total. The molecule has 0 radical (unpaired) electrons. The predicted molar refractivity (Wildman–Crippen MR) is 152 cm³/mol. The van der Waals surface area contributed by atoms with Crippen molar-refractivity contribution in [3.8, 4) is 5.75 Å². The van der Waals surface area contributed by atoms with Gasteiger partial charge < -0.3 is 14.0 Å². The summed E-state index contributed by atoms with van der Waals surface area (Å²) in [6.45, 7) is 0. The van der Waals surface area contributed by atoms with Crippen molar-refractivity contribution in [3.63, 3.8) is 0 Å². The number of amides is 2. The smallest absolute Gasteiger partial charge is 0.496 e. The van der Waals surface area contributed by atoms with Gasteiger partial charge in [0.25, 0.3) is 15.9 Å². The topological polar surface area (TPSA) is 116 Å². The largest absolute Gasteiger partial charge is 1.00 e. The van der Waals surface area contributed by atoms with Crippen molar-refractivity contribution in [2.45, 2.75) is 43.1 Å². The molecule has 0 spiro atoms. The van der Waals surface area contributed by atoms with Crippen LogP contribution in [-0.4, -0.2) is 38.2 Å². The number of benzene rings is 3. The molecule has 1 saturated carbocycles. The maximum atomic E-state index is 12.8. The molecule has 11 heteroatoms. The fourth-order valence-electron chi connectivity index (χ4n) is 5.07. The summed E-state index contributed by atoms with van der Waals surface area (Å²) in [4.78, 5) is 25.2. The van der Waals surface area contributed by atoms with Crippen LogP contribution < -0.4 is 44.3 Å². The van der Waals surface area contributed by atoms with Gasteiger partial charge >= 0.3 is 35.7 Å². The molecule has 0 atom stereocenters. The summed E-state index contributed by atoms with van der Waals surface area (Å²) in [6.07, 6.45) is 6.00. The number of carbonyl (C=O) groups is 2. The van der Waals surface area contributed by atoms with Gasteiger partial charge in [0.2, 0.25) is 0 Å². The fourth-order valence-corrected chi connectivity index (χ4v) is 6.07. The number of nitrogens with one attached hydrogen (secondary N) is 2. The van der Waals surface area contributed by atoms with E-state index in [1.165, 1.54) is 25.3 Å². The minimum Gasteiger partial charge on any atom is -0.496 e. The van der Waals surface area contributed by atoms with E-state index in [-0.39, 0.29) is 46.1 Å². The number of anilines is 1. The molecule has 4 aromatic rings. The van der Waals surface area contributed by atoms with Gasteiger partial charge in [-0.2, -0.15) is 0 Å². The monoisotopic (exact) mass is 584 g/mol. The number of aryl methyl sites for hydroxylation is 1. The number of ether oxygens (including phenoxy) is 2. The standard InChI is InChI=1S/C30H31N3O6S.Na/c1-33-19-22(26-18-23(14-15-27(26)33)31-30(35)39-24-8-6-7-9-24)16-20-12-13-21(17-28(20)38-2)29(34)32-40(36,37)25-10-4-3-5-11-25;/h3-5,10-15,17-19,24H,6-9,16H2,1-2H3,(H,31,35)(H,32,34);/q;+1. The molecule has 41 heavy (non-hydrogen) atoms. The number of methoxy groups -OCH3 is 1. The molecule has 2 amide bonds. The van der Waals surface area contributed by atoms with Crippen LogP contribution in [0.1, 0.15) is 47.2 Å². The van der Waals surface area contributed by atoms with Crippen molar-refractivity contribution in [2.75, 3.05) is 12.4 Å². The van der Waals surface area contributed by atoms with E-state index in [1.807, 2.05) is 36.0 Å². The maximum Gasteiger partial charge on any atom is 1.00 e. The van der Waals surface area contributed by atoms with Gasteiger partial charge in [0.15, 0.2) is 0 Å². The Bertz CT molecular complexity index is 1660. The first-order valence-electron chi connectivity index (χ1n) is 13.1. The van der Waals surface area contributed by atoms with E-state index in [9.17, 15) is 18.0 Å². The summed E-state index contributed by atoms with van der Waals surface area (Å²) in [7, 11) is -0.557.